The van der Waals surface area contributed by atoms with Crippen molar-refractivity contribution in [2.24, 2.45) is 22.7 Å². The van der Waals surface area contributed by atoms with E-state index in [9.17, 15) is 14.7 Å². The van der Waals surface area contributed by atoms with E-state index in [4.69, 9.17) is 13.9 Å². The molecule has 2 saturated heterocycles. The molecule has 6 atom stereocenters. The maximum atomic E-state index is 13.2. The molecular formula is C20H22O6. The second kappa shape index (κ2) is 5.22. The summed E-state index contributed by atoms with van der Waals surface area (Å²) in [5.41, 5.74) is -0.0825. The summed E-state index contributed by atoms with van der Waals surface area (Å²) >= 11 is 0. The van der Waals surface area contributed by atoms with E-state index in [0.29, 0.717) is 24.8 Å². The van der Waals surface area contributed by atoms with Crippen LogP contribution in [0.15, 0.2) is 34.7 Å². The van der Waals surface area contributed by atoms with Gasteiger partial charge in [0.25, 0.3) is 0 Å². The van der Waals surface area contributed by atoms with Crippen LogP contribution in [-0.4, -0.2) is 29.8 Å². The van der Waals surface area contributed by atoms with Crippen LogP contribution in [-0.2, 0) is 19.1 Å². The number of ether oxygens (including phenoxy) is 2. The average molecular weight is 358 g/mol. The molecule has 138 valence electrons. The number of aliphatic hydroxyl groups excluding tert-OH is 1. The van der Waals surface area contributed by atoms with Gasteiger partial charge in [-0.15, -0.1) is 0 Å². The van der Waals surface area contributed by atoms with Crippen molar-refractivity contribution in [3.63, 3.8) is 0 Å². The first-order valence-corrected chi connectivity index (χ1v) is 9.29. The Labute approximate surface area is 151 Å². The number of hydrogen-bond acceptors (Lipinski definition) is 6. The van der Waals surface area contributed by atoms with Crippen LogP contribution in [0.2, 0.25) is 0 Å². The largest absolute Gasteiger partial charge is 0.472 e. The summed E-state index contributed by atoms with van der Waals surface area (Å²) in [6, 6.07) is 1.82. The van der Waals surface area contributed by atoms with Crippen molar-refractivity contribution >= 4 is 11.9 Å². The Balaban J connectivity index is 1.63. The number of allylic oxidation sites excluding steroid dienone is 1. The quantitative estimate of drug-likeness (QED) is 0.818. The number of rotatable bonds is 2. The van der Waals surface area contributed by atoms with Crippen LogP contribution in [0, 0.1) is 22.7 Å². The van der Waals surface area contributed by atoms with Crippen LogP contribution >= 0.6 is 0 Å². The summed E-state index contributed by atoms with van der Waals surface area (Å²) in [6.07, 6.45) is 6.95. The van der Waals surface area contributed by atoms with Crippen LogP contribution < -0.4 is 0 Å². The smallest absolute Gasteiger partial charge is 0.334 e. The standard InChI is InChI=1S/C20H22O6/c1-11-7-16-20(10-21)13(17(22)26-16)3-2-4-15(20)19(11)8-14(25-18(19)23)12-5-6-24-9-12/h3,5-6,9,11,14-16,21H,2,4,7-8,10H2,1H3/t11-,14+,15-,16-,19-,20+/m1/s1. The summed E-state index contributed by atoms with van der Waals surface area (Å²) in [5.74, 6) is -0.708. The fourth-order valence-electron chi connectivity index (χ4n) is 6.15. The highest BCUT2D eigenvalue weighted by atomic mass is 16.6. The Kier molecular flexibility index (Phi) is 3.24. The molecule has 1 saturated carbocycles. The van der Waals surface area contributed by atoms with E-state index in [-0.39, 0.29) is 42.6 Å². The first-order valence-electron chi connectivity index (χ1n) is 9.29. The van der Waals surface area contributed by atoms with Crippen LogP contribution in [0.1, 0.15) is 44.3 Å². The highest BCUT2D eigenvalue weighted by molar-refractivity contribution is 5.94. The molecule has 3 heterocycles. The molecule has 1 N–H and O–H groups in total. The minimum Gasteiger partial charge on any atom is -0.472 e. The summed E-state index contributed by atoms with van der Waals surface area (Å²) in [6.45, 7) is 1.86. The number of carbonyl (C=O) groups excluding carboxylic acids is 2. The number of aliphatic hydroxyl groups is 1. The van der Waals surface area contributed by atoms with Gasteiger partial charge in [0.05, 0.1) is 30.0 Å². The van der Waals surface area contributed by atoms with Gasteiger partial charge in [-0.25, -0.2) is 4.79 Å². The van der Waals surface area contributed by atoms with E-state index >= 15 is 0 Å². The summed E-state index contributed by atoms with van der Waals surface area (Å²) in [7, 11) is 0. The zero-order valence-corrected chi connectivity index (χ0v) is 14.6. The third-order valence-corrected chi connectivity index (χ3v) is 7.37. The number of furan rings is 1. The Morgan fingerprint density at radius 1 is 1.31 bits per heavy atom. The van der Waals surface area contributed by atoms with Crippen molar-refractivity contribution in [2.45, 2.75) is 44.8 Å². The van der Waals surface area contributed by atoms with E-state index in [1.165, 1.54) is 0 Å². The van der Waals surface area contributed by atoms with Crippen LogP contribution in [0.25, 0.3) is 0 Å². The third-order valence-electron chi connectivity index (χ3n) is 7.37. The van der Waals surface area contributed by atoms with Gasteiger partial charge < -0.3 is 19.0 Å². The molecular weight excluding hydrogens is 336 g/mol. The maximum Gasteiger partial charge on any atom is 0.334 e. The van der Waals surface area contributed by atoms with Gasteiger partial charge >= 0.3 is 11.9 Å². The number of esters is 2. The molecule has 3 fully saturated rings. The number of hydrogen-bond donors (Lipinski definition) is 1. The summed E-state index contributed by atoms with van der Waals surface area (Å²) in [4.78, 5) is 25.6. The minimum atomic E-state index is -0.786. The van der Waals surface area contributed by atoms with Gasteiger partial charge in [0.15, 0.2) is 0 Å². The molecule has 1 spiro atoms. The maximum absolute atomic E-state index is 13.2. The Morgan fingerprint density at radius 3 is 2.88 bits per heavy atom. The SMILES string of the molecule is C[C@@H]1C[C@H]2OC(=O)C3=CCC[C@H]([C@@]14C[C@@H](c1ccoc1)OC4=O)[C@]32CO. The molecule has 0 unspecified atom stereocenters. The van der Waals surface area contributed by atoms with Crippen molar-refractivity contribution in [1.82, 2.24) is 0 Å². The number of cyclic esters (lactones) is 1. The molecule has 1 aromatic heterocycles. The van der Waals surface area contributed by atoms with E-state index in [2.05, 4.69) is 0 Å². The highest BCUT2D eigenvalue weighted by Gasteiger charge is 2.72. The van der Waals surface area contributed by atoms with Crippen molar-refractivity contribution in [3.8, 4) is 0 Å². The van der Waals surface area contributed by atoms with Gasteiger partial charge in [-0.1, -0.05) is 13.0 Å². The lowest BCUT2D eigenvalue weighted by molar-refractivity contribution is -0.174. The molecule has 4 aliphatic rings. The van der Waals surface area contributed by atoms with E-state index in [1.54, 1.807) is 12.5 Å². The van der Waals surface area contributed by atoms with Crippen molar-refractivity contribution in [1.29, 1.82) is 0 Å². The minimum absolute atomic E-state index is 0.00632. The van der Waals surface area contributed by atoms with Crippen molar-refractivity contribution < 1.29 is 28.6 Å². The molecule has 0 aromatic carbocycles. The first kappa shape index (κ1) is 16.1. The highest BCUT2D eigenvalue weighted by Crippen LogP contribution is 2.68. The zero-order chi connectivity index (χ0) is 18.1. The van der Waals surface area contributed by atoms with Crippen LogP contribution in [0.3, 0.4) is 0 Å². The van der Waals surface area contributed by atoms with Gasteiger partial charge in [0, 0.05) is 17.6 Å². The molecule has 6 heteroatoms. The van der Waals surface area contributed by atoms with E-state index in [0.717, 1.165) is 12.0 Å². The summed E-state index contributed by atoms with van der Waals surface area (Å²) in [5, 5.41) is 10.4. The lowest BCUT2D eigenvalue weighted by atomic mass is 9.45. The lowest BCUT2D eigenvalue weighted by Crippen LogP contribution is -2.60. The first-order chi connectivity index (χ1) is 12.5. The predicted molar refractivity (Wildman–Crippen MR) is 88.6 cm³/mol. The van der Waals surface area contributed by atoms with E-state index in [1.807, 2.05) is 19.1 Å². The second-order valence-electron chi connectivity index (χ2n) is 8.17. The fourth-order valence-corrected chi connectivity index (χ4v) is 6.15. The molecule has 5 rings (SSSR count). The van der Waals surface area contributed by atoms with Crippen molar-refractivity contribution in [3.05, 3.63) is 35.8 Å². The zero-order valence-electron chi connectivity index (χ0n) is 14.6. The van der Waals surface area contributed by atoms with Gasteiger partial charge in [-0.3, -0.25) is 4.79 Å². The summed E-state index contributed by atoms with van der Waals surface area (Å²) < 4.78 is 16.6. The number of fused-ring (bicyclic) bond motifs is 1. The van der Waals surface area contributed by atoms with E-state index < -0.39 is 10.8 Å². The monoisotopic (exact) mass is 358 g/mol. The second-order valence-corrected chi connectivity index (χ2v) is 8.17. The van der Waals surface area contributed by atoms with Crippen LogP contribution in [0.5, 0.6) is 0 Å². The molecule has 6 nitrogen and oxygen atoms in total. The Morgan fingerprint density at radius 2 is 2.15 bits per heavy atom. The molecule has 26 heavy (non-hydrogen) atoms. The molecule has 0 amide bonds. The Hall–Kier alpha value is -2.08. The average Bonchev–Trinajstić information content (AvgIpc) is 3.33. The molecule has 0 radical (unpaired) electrons. The predicted octanol–water partition coefficient (Wildman–Crippen LogP) is 2.53. The normalized spacial score (nSPS) is 43.8. The van der Waals surface area contributed by atoms with Crippen LogP contribution in [0.4, 0.5) is 0 Å². The molecule has 1 aromatic rings. The van der Waals surface area contributed by atoms with Gasteiger partial charge in [-0.05, 0) is 37.2 Å². The Bertz CT molecular complexity index is 795. The molecule has 0 bridgehead atoms. The van der Waals surface area contributed by atoms with Gasteiger partial charge in [0.1, 0.15) is 12.2 Å². The third kappa shape index (κ3) is 1.71. The van der Waals surface area contributed by atoms with Crippen molar-refractivity contribution in [2.75, 3.05) is 6.61 Å². The van der Waals surface area contributed by atoms with Gasteiger partial charge in [-0.2, -0.15) is 0 Å². The number of carbonyl (C=O) groups is 2. The fraction of sp³-hybridized carbons (Fsp3) is 0.600. The van der Waals surface area contributed by atoms with Gasteiger partial charge in [0.2, 0.25) is 0 Å². The topological polar surface area (TPSA) is 86.0 Å². The molecule has 2 aliphatic heterocycles. The molecule has 2 aliphatic carbocycles. The lowest BCUT2D eigenvalue weighted by Gasteiger charge is -2.55.